The van der Waals surface area contributed by atoms with Crippen LogP contribution in [0.25, 0.3) is 0 Å². The molecule has 0 aromatic rings. The first kappa shape index (κ1) is 18.9. The first-order valence-electron chi connectivity index (χ1n) is 7.37. The quantitative estimate of drug-likeness (QED) is 0.654. The third-order valence-corrected chi connectivity index (χ3v) is 3.10. The summed E-state index contributed by atoms with van der Waals surface area (Å²) in [7, 11) is 1.36. The van der Waals surface area contributed by atoms with Crippen molar-refractivity contribution in [2.45, 2.75) is 40.5 Å². The van der Waals surface area contributed by atoms with Gasteiger partial charge in [0.15, 0.2) is 0 Å². The van der Waals surface area contributed by atoms with E-state index in [-0.39, 0.29) is 24.2 Å². The third kappa shape index (κ3) is 7.48. The van der Waals surface area contributed by atoms with E-state index < -0.39 is 0 Å². The average Bonchev–Trinajstić information content (AvgIpc) is 2.38. The second-order valence-corrected chi connectivity index (χ2v) is 6.07. The Morgan fingerprint density at radius 3 is 2.15 bits per heavy atom. The Hall–Kier alpha value is -1.10. The number of carbonyl (C=O) groups excluding carboxylic acids is 2. The van der Waals surface area contributed by atoms with Gasteiger partial charge in [-0.15, -0.1) is 0 Å². The second kappa shape index (κ2) is 9.75. The molecule has 0 heterocycles. The minimum Gasteiger partial charge on any atom is -0.469 e. The van der Waals surface area contributed by atoms with Gasteiger partial charge in [0.05, 0.1) is 19.4 Å². The summed E-state index contributed by atoms with van der Waals surface area (Å²) in [5.74, 6) is 0.382. The molecule has 0 radical (unpaired) electrons. The average molecular weight is 286 g/mol. The number of amides is 1. The van der Waals surface area contributed by atoms with E-state index in [4.69, 9.17) is 5.73 Å². The fourth-order valence-electron chi connectivity index (χ4n) is 2.19. The van der Waals surface area contributed by atoms with Gasteiger partial charge in [-0.25, -0.2) is 0 Å². The monoisotopic (exact) mass is 286 g/mol. The topological polar surface area (TPSA) is 72.6 Å². The van der Waals surface area contributed by atoms with Crippen molar-refractivity contribution in [2.75, 3.05) is 26.7 Å². The van der Waals surface area contributed by atoms with Gasteiger partial charge >= 0.3 is 5.97 Å². The van der Waals surface area contributed by atoms with E-state index in [9.17, 15) is 9.59 Å². The number of nitrogens with zero attached hydrogens (tertiary/aromatic N) is 1. The van der Waals surface area contributed by atoms with Crippen molar-refractivity contribution < 1.29 is 14.3 Å². The Bertz CT molecular complexity index is 303. The zero-order chi connectivity index (χ0) is 15.7. The highest BCUT2D eigenvalue weighted by molar-refractivity contribution is 5.80. The van der Waals surface area contributed by atoms with E-state index in [2.05, 4.69) is 32.4 Å². The minimum atomic E-state index is -0.292. The SMILES string of the molecule is COC(=O)CCN(CC(C)C)C(=O)C(CN)CC(C)C. The molecular formula is C15H30N2O3. The van der Waals surface area contributed by atoms with Crippen LogP contribution in [-0.2, 0) is 14.3 Å². The molecule has 0 saturated carbocycles. The Morgan fingerprint density at radius 2 is 1.75 bits per heavy atom. The molecule has 0 aliphatic heterocycles. The van der Waals surface area contributed by atoms with Crippen LogP contribution in [0.1, 0.15) is 40.5 Å². The van der Waals surface area contributed by atoms with E-state index in [0.717, 1.165) is 6.42 Å². The summed E-state index contributed by atoms with van der Waals surface area (Å²) in [4.78, 5) is 25.5. The molecule has 0 spiro atoms. The molecule has 1 atom stereocenters. The molecule has 0 saturated heterocycles. The summed E-state index contributed by atoms with van der Waals surface area (Å²) in [6, 6.07) is 0. The highest BCUT2D eigenvalue weighted by atomic mass is 16.5. The van der Waals surface area contributed by atoms with Gasteiger partial charge in [0.1, 0.15) is 0 Å². The predicted molar refractivity (Wildman–Crippen MR) is 80.1 cm³/mol. The maximum atomic E-state index is 12.5. The van der Waals surface area contributed by atoms with E-state index in [0.29, 0.717) is 31.5 Å². The van der Waals surface area contributed by atoms with Crippen LogP contribution in [-0.4, -0.2) is 43.5 Å². The minimum absolute atomic E-state index is 0.0544. The van der Waals surface area contributed by atoms with Crippen molar-refractivity contribution in [3.8, 4) is 0 Å². The Kier molecular flexibility index (Phi) is 9.21. The summed E-state index contributed by atoms with van der Waals surface area (Å²) in [6.07, 6.45) is 1.01. The van der Waals surface area contributed by atoms with Crippen LogP contribution in [0, 0.1) is 17.8 Å². The lowest BCUT2D eigenvalue weighted by molar-refractivity contribution is -0.142. The number of methoxy groups -OCH3 is 1. The van der Waals surface area contributed by atoms with Crippen LogP contribution in [0.2, 0.25) is 0 Å². The first-order valence-corrected chi connectivity index (χ1v) is 7.37. The maximum absolute atomic E-state index is 12.5. The van der Waals surface area contributed by atoms with Crippen molar-refractivity contribution in [1.29, 1.82) is 0 Å². The molecule has 1 unspecified atom stereocenters. The molecule has 0 bridgehead atoms. The van der Waals surface area contributed by atoms with Gasteiger partial charge in [-0.1, -0.05) is 27.7 Å². The van der Waals surface area contributed by atoms with Crippen LogP contribution in [0.15, 0.2) is 0 Å². The standard InChI is InChI=1S/C15H30N2O3/c1-11(2)8-13(9-16)15(19)17(10-12(3)4)7-6-14(18)20-5/h11-13H,6-10,16H2,1-5H3. The van der Waals surface area contributed by atoms with E-state index in [1.54, 1.807) is 4.90 Å². The molecule has 5 heteroatoms. The molecule has 0 aliphatic rings. The zero-order valence-electron chi connectivity index (χ0n) is 13.5. The van der Waals surface area contributed by atoms with Crippen LogP contribution < -0.4 is 5.73 Å². The molecular weight excluding hydrogens is 256 g/mol. The van der Waals surface area contributed by atoms with Gasteiger partial charge in [-0.2, -0.15) is 0 Å². The number of hydrogen-bond acceptors (Lipinski definition) is 4. The van der Waals surface area contributed by atoms with Gasteiger partial charge in [-0.3, -0.25) is 9.59 Å². The largest absolute Gasteiger partial charge is 0.469 e. The van der Waals surface area contributed by atoms with Gasteiger partial charge < -0.3 is 15.4 Å². The smallest absolute Gasteiger partial charge is 0.307 e. The lowest BCUT2D eigenvalue weighted by Crippen LogP contribution is -2.42. The number of carbonyl (C=O) groups is 2. The summed E-state index contributed by atoms with van der Waals surface area (Å²) in [6.45, 7) is 9.66. The number of esters is 1. The summed E-state index contributed by atoms with van der Waals surface area (Å²) < 4.78 is 4.64. The zero-order valence-corrected chi connectivity index (χ0v) is 13.5. The molecule has 0 rings (SSSR count). The third-order valence-electron chi connectivity index (χ3n) is 3.10. The van der Waals surface area contributed by atoms with E-state index in [1.165, 1.54) is 7.11 Å². The van der Waals surface area contributed by atoms with Crippen LogP contribution in [0.3, 0.4) is 0 Å². The van der Waals surface area contributed by atoms with Crippen LogP contribution >= 0.6 is 0 Å². The fraction of sp³-hybridized carbons (Fsp3) is 0.867. The summed E-state index contributed by atoms with van der Waals surface area (Å²) >= 11 is 0. The molecule has 2 N–H and O–H groups in total. The number of hydrogen-bond donors (Lipinski definition) is 1. The molecule has 0 aromatic heterocycles. The number of ether oxygens (including phenoxy) is 1. The van der Waals surface area contributed by atoms with Crippen LogP contribution in [0.5, 0.6) is 0 Å². The van der Waals surface area contributed by atoms with Gasteiger partial charge in [-0.05, 0) is 18.3 Å². The van der Waals surface area contributed by atoms with Gasteiger partial charge in [0.25, 0.3) is 0 Å². The molecule has 0 fully saturated rings. The van der Waals surface area contributed by atoms with Gasteiger partial charge in [0, 0.05) is 19.6 Å². The molecule has 118 valence electrons. The van der Waals surface area contributed by atoms with E-state index >= 15 is 0 Å². The van der Waals surface area contributed by atoms with Crippen molar-refractivity contribution >= 4 is 11.9 Å². The summed E-state index contributed by atoms with van der Waals surface area (Å²) in [5.41, 5.74) is 5.73. The van der Waals surface area contributed by atoms with Crippen molar-refractivity contribution in [1.82, 2.24) is 4.90 Å². The first-order chi connectivity index (χ1) is 9.31. The maximum Gasteiger partial charge on any atom is 0.307 e. The normalized spacial score (nSPS) is 12.6. The molecule has 20 heavy (non-hydrogen) atoms. The van der Waals surface area contributed by atoms with Crippen molar-refractivity contribution in [3.63, 3.8) is 0 Å². The predicted octanol–water partition coefficient (Wildman–Crippen LogP) is 1.66. The molecule has 5 nitrogen and oxygen atoms in total. The number of rotatable bonds is 9. The Balaban J connectivity index is 4.72. The molecule has 0 aromatic carbocycles. The second-order valence-electron chi connectivity index (χ2n) is 6.07. The molecule has 1 amide bonds. The molecule has 0 aliphatic carbocycles. The van der Waals surface area contributed by atoms with Crippen LogP contribution in [0.4, 0.5) is 0 Å². The highest BCUT2D eigenvalue weighted by Gasteiger charge is 2.25. The Morgan fingerprint density at radius 1 is 1.15 bits per heavy atom. The Labute approximate surface area is 122 Å². The fourth-order valence-corrected chi connectivity index (χ4v) is 2.19. The lowest BCUT2D eigenvalue weighted by atomic mass is 9.95. The highest BCUT2D eigenvalue weighted by Crippen LogP contribution is 2.15. The van der Waals surface area contributed by atoms with Crippen molar-refractivity contribution in [2.24, 2.45) is 23.5 Å². The summed E-state index contributed by atoms with van der Waals surface area (Å²) in [5, 5.41) is 0. The van der Waals surface area contributed by atoms with E-state index in [1.807, 2.05) is 0 Å². The van der Waals surface area contributed by atoms with Gasteiger partial charge in [0.2, 0.25) is 5.91 Å². The lowest BCUT2D eigenvalue weighted by Gasteiger charge is -2.28. The number of nitrogens with two attached hydrogens (primary N) is 1. The van der Waals surface area contributed by atoms with Crippen molar-refractivity contribution in [3.05, 3.63) is 0 Å².